The van der Waals surface area contributed by atoms with E-state index in [1.807, 2.05) is 6.92 Å². The second-order valence-corrected chi connectivity index (χ2v) is 3.35. The van der Waals surface area contributed by atoms with Crippen molar-refractivity contribution in [2.45, 2.75) is 25.9 Å². The van der Waals surface area contributed by atoms with E-state index in [4.69, 9.17) is 5.73 Å². The van der Waals surface area contributed by atoms with E-state index in [0.29, 0.717) is 12.0 Å². The number of benzene rings is 1. The second-order valence-electron chi connectivity index (χ2n) is 3.35. The molecule has 2 N–H and O–H groups in total. The van der Waals surface area contributed by atoms with Gasteiger partial charge in [0.25, 0.3) is 0 Å². The Labute approximate surface area is 92.5 Å². The van der Waals surface area contributed by atoms with E-state index in [2.05, 4.69) is 11.8 Å². The first-order valence-corrected chi connectivity index (χ1v) is 4.90. The van der Waals surface area contributed by atoms with Gasteiger partial charge in [-0.3, -0.25) is 0 Å². The van der Waals surface area contributed by atoms with Gasteiger partial charge in [0.15, 0.2) is 0 Å². The molecule has 0 saturated heterocycles. The van der Waals surface area contributed by atoms with Crippen LogP contribution in [-0.4, -0.2) is 0 Å². The summed E-state index contributed by atoms with van der Waals surface area (Å²) in [5, 5.41) is 0. The van der Waals surface area contributed by atoms with Gasteiger partial charge >= 0.3 is 6.18 Å². The van der Waals surface area contributed by atoms with E-state index in [0.717, 1.165) is 18.6 Å². The quantitative estimate of drug-likeness (QED) is 0.577. The average molecular weight is 227 g/mol. The van der Waals surface area contributed by atoms with Gasteiger partial charge in [0.2, 0.25) is 0 Å². The summed E-state index contributed by atoms with van der Waals surface area (Å²) in [5.74, 6) is 5.59. The monoisotopic (exact) mass is 227 g/mol. The average Bonchev–Trinajstić information content (AvgIpc) is 2.19. The Kier molecular flexibility index (Phi) is 3.83. The molecule has 0 radical (unpaired) electrons. The predicted molar refractivity (Wildman–Crippen MR) is 57.6 cm³/mol. The summed E-state index contributed by atoms with van der Waals surface area (Å²) in [6, 6.07) is 3.21. The summed E-state index contributed by atoms with van der Waals surface area (Å²) in [6.45, 7) is 1.98. The van der Waals surface area contributed by atoms with Crippen molar-refractivity contribution in [1.82, 2.24) is 0 Å². The fourth-order valence-corrected chi connectivity index (χ4v) is 1.14. The Morgan fingerprint density at radius 3 is 2.50 bits per heavy atom. The Morgan fingerprint density at radius 1 is 1.31 bits per heavy atom. The number of rotatable bonds is 1. The van der Waals surface area contributed by atoms with Crippen molar-refractivity contribution in [1.29, 1.82) is 0 Å². The largest absolute Gasteiger partial charge is 0.416 e. The molecule has 0 unspecified atom stereocenters. The third-order valence-corrected chi connectivity index (χ3v) is 1.98. The molecule has 4 heteroatoms. The van der Waals surface area contributed by atoms with Crippen LogP contribution in [0.15, 0.2) is 18.2 Å². The summed E-state index contributed by atoms with van der Waals surface area (Å²) < 4.78 is 36.9. The van der Waals surface area contributed by atoms with Crippen LogP contribution >= 0.6 is 0 Å². The predicted octanol–water partition coefficient (Wildman–Crippen LogP) is 3.44. The molecule has 16 heavy (non-hydrogen) atoms. The van der Waals surface area contributed by atoms with Crippen molar-refractivity contribution < 1.29 is 13.2 Å². The number of alkyl halides is 3. The molecule has 0 fully saturated rings. The maximum absolute atomic E-state index is 12.3. The van der Waals surface area contributed by atoms with Crippen LogP contribution in [0.4, 0.5) is 18.9 Å². The summed E-state index contributed by atoms with van der Waals surface area (Å²) in [7, 11) is 0. The van der Waals surface area contributed by atoms with Crippen molar-refractivity contribution in [3.05, 3.63) is 29.3 Å². The lowest BCUT2D eigenvalue weighted by Gasteiger charge is -2.07. The molecule has 0 amide bonds. The Hall–Kier alpha value is -1.63. The molecule has 1 rings (SSSR count). The third kappa shape index (κ3) is 3.20. The zero-order valence-corrected chi connectivity index (χ0v) is 8.86. The van der Waals surface area contributed by atoms with Crippen molar-refractivity contribution in [2.75, 3.05) is 5.73 Å². The SMILES string of the molecule is CCCC#Cc1ccc(C(F)(F)F)cc1N. The van der Waals surface area contributed by atoms with Gasteiger partial charge in [0.05, 0.1) is 5.56 Å². The highest BCUT2D eigenvalue weighted by molar-refractivity contribution is 5.57. The molecule has 0 aliphatic rings. The van der Waals surface area contributed by atoms with Crippen LogP contribution in [0.5, 0.6) is 0 Å². The number of hydrogen-bond donors (Lipinski definition) is 1. The number of anilines is 1. The highest BCUT2D eigenvalue weighted by Gasteiger charge is 2.30. The van der Waals surface area contributed by atoms with E-state index >= 15 is 0 Å². The molecular weight excluding hydrogens is 215 g/mol. The molecular formula is C12H12F3N. The fourth-order valence-electron chi connectivity index (χ4n) is 1.14. The Bertz CT molecular complexity index is 424. The standard InChI is InChI=1S/C12H12F3N/c1-2-3-4-5-9-6-7-10(8-11(9)16)12(13,14)15/h6-8H,2-3,16H2,1H3. The van der Waals surface area contributed by atoms with Crippen molar-refractivity contribution in [2.24, 2.45) is 0 Å². The molecule has 1 aromatic rings. The summed E-state index contributed by atoms with van der Waals surface area (Å²) in [5.41, 5.74) is 5.27. The van der Waals surface area contributed by atoms with Gasteiger partial charge in [-0.1, -0.05) is 18.8 Å². The summed E-state index contributed by atoms with van der Waals surface area (Å²) >= 11 is 0. The maximum atomic E-state index is 12.3. The van der Waals surface area contributed by atoms with E-state index in [1.54, 1.807) is 0 Å². The molecule has 0 aliphatic carbocycles. The molecule has 0 aromatic heterocycles. The van der Waals surface area contributed by atoms with E-state index in [-0.39, 0.29) is 5.69 Å². The first-order chi connectivity index (χ1) is 7.45. The first kappa shape index (κ1) is 12.4. The minimum Gasteiger partial charge on any atom is -0.398 e. The normalized spacial score (nSPS) is 10.8. The van der Waals surface area contributed by atoms with Crippen LogP contribution in [0.3, 0.4) is 0 Å². The number of nitrogen functional groups attached to an aromatic ring is 1. The molecule has 0 bridgehead atoms. The number of unbranched alkanes of at least 4 members (excludes halogenated alkanes) is 1. The highest BCUT2D eigenvalue weighted by Crippen LogP contribution is 2.31. The van der Waals surface area contributed by atoms with Gasteiger partial charge in [0.1, 0.15) is 0 Å². The van der Waals surface area contributed by atoms with Gasteiger partial charge < -0.3 is 5.73 Å². The number of hydrogen-bond acceptors (Lipinski definition) is 1. The lowest BCUT2D eigenvalue weighted by atomic mass is 10.1. The van der Waals surface area contributed by atoms with Crippen LogP contribution in [-0.2, 0) is 6.18 Å². The smallest absolute Gasteiger partial charge is 0.398 e. The topological polar surface area (TPSA) is 26.0 Å². The van der Waals surface area contributed by atoms with Crippen LogP contribution in [0, 0.1) is 11.8 Å². The number of nitrogens with two attached hydrogens (primary N) is 1. The van der Waals surface area contributed by atoms with E-state index in [1.165, 1.54) is 6.07 Å². The summed E-state index contributed by atoms with van der Waals surface area (Å²) in [6.07, 6.45) is -2.74. The van der Waals surface area contributed by atoms with Crippen molar-refractivity contribution in [3.63, 3.8) is 0 Å². The Morgan fingerprint density at radius 2 is 2.00 bits per heavy atom. The van der Waals surface area contributed by atoms with Crippen LogP contribution < -0.4 is 5.73 Å². The van der Waals surface area contributed by atoms with Gasteiger partial charge in [-0.25, -0.2) is 0 Å². The highest BCUT2D eigenvalue weighted by atomic mass is 19.4. The number of halogens is 3. The van der Waals surface area contributed by atoms with Crippen LogP contribution in [0.2, 0.25) is 0 Å². The lowest BCUT2D eigenvalue weighted by Crippen LogP contribution is -2.06. The molecule has 0 aliphatic heterocycles. The van der Waals surface area contributed by atoms with Gasteiger partial charge in [-0.2, -0.15) is 13.2 Å². The molecule has 0 atom stereocenters. The zero-order chi connectivity index (χ0) is 12.2. The minimum atomic E-state index is -4.36. The molecule has 0 saturated carbocycles. The lowest BCUT2D eigenvalue weighted by molar-refractivity contribution is -0.137. The molecule has 1 aromatic carbocycles. The Balaban J connectivity index is 2.98. The van der Waals surface area contributed by atoms with Crippen molar-refractivity contribution >= 4 is 5.69 Å². The van der Waals surface area contributed by atoms with Crippen LogP contribution in [0.25, 0.3) is 0 Å². The fraction of sp³-hybridized carbons (Fsp3) is 0.333. The minimum absolute atomic E-state index is 0.0680. The molecule has 86 valence electrons. The zero-order valence-electron chi connectivity index (χ0n) is 8.86. The molecule has 1 nitrogen and oxygen atoms in total. The third-order valence-electron chi connectivity index (χ3n) is 1.98. The van der Waals surface area contributed by atoms with Crippen molar-refractivity contribution in [3.8, 4) is 11.8 Å². The van der Waals surface area contributed by atoms with E-state index < -0.39 is 11.7 Å². The van der Waals surface area contributed by atoms with Crippen LogP contribution in [0.1, 0.15) is 30.9 Å². The molecule has 0 heterocycles. The van der Waals surface area contributed by atoms with Gasteiger partial charge in [-0.15, -0.1) is 0 Å². The summed E-state index contributed by atoms with van der Waals surface area (Å²) in [4.78, 5) is 0. The van der Waals surface area contributed by atoms with Gasteiger partial charge in [0, 0.05) is 17.7 Å². The molecule has 0 spiro atoms. The first-order valence-electron chi connectivity index (χ1n) is 4.90. The maximum Gasteiger partial charge on any atom is 0.416 e. The second kappa shape index (κ2) is 4.93. The van der Waals surface area contributed by atoms with Gasteiger partial charge in [-0.05, 0) is 24.6 Å². The van der Waals surface area contributed by atoms with E-state index in [9.17, 15) is 13.2 Å².